The first-order valence-corrected chi connectivity index (χ1v) is 13.0. The Morgan fingerprint density at radius 3 is 2.60 bits per heavy atom. The number of nitrogens with one attached hydrogen (secondary N) is 1. The molecule has 0 unspecified atom stereocenters. The molecule has 0 aliphatic carbocycles. The zero-order valence-corrected chi connectivity index (χ0v) is 22.6. The van der Waals surface area contributed by atoms with Crippen molar-refractivity contribution in [2.75, 3.05) is 13.1 Å². The summed E-state index contributed by atoms with van der Waals surface area (Å²) in [6, 6.07) is 11.4. The summed E-state index contributed by atoms with van der Waals surface area (Å²) in [5, 5.41) is 9.46. The molecule has 35 heavy (non-hydrogen) atoms. The van der Waals surface area contributed by atoms with Gasteiger partial charge < -0.3 is 9.88 Å². The standard InChI is InChI=1S/C25H25Br2FN6O/c1-15-11-32(23(35)9-17-10-29-25-19(17)5-3-7-21(25)27)12-16(2)33(15)13-18-14-34(31-30-18)22-8-4-6-20(26)24(22)28/h3-8,10,14-16,29H,9,11-13H2,1-2H3/t15-,16+. The van der Waals surface area contributed by atoms with Crippen molar-refractivity contribution in [3.8, 4) is 5.69 Å². The Hall–Kier alpha value is -2.56. The molecule has 1 amide bonds. The number of aromatic amines is 1. The van der Waals surface area contributed by atoms with Crippen LogP contribution in [0.3, 0.4) is 0 Å². The number of piperazine rings is 1. The van der Waals surface area contributed by atoms with E-state index in [4.69, 9.17) is 0 Å². The van der Waals surface area contributed by atoms with E-state index in [2.05, 4.69) is 65.9 Å². The van der Waals surface area contributed by atoms with Gasteiger partial charge in [0.15, 0.2) is 5.82 Å². The molecular weight excluding hydrogens is 579 g/mol. The number of para-hydroxylation sites is 1. The van der Waals surface area contributed by atoms with Crippen LogP contribution in [-0.2, 0) is 17.8 Å². The van der Waals surface area contributed by atoms with Crippen LogP contribution in [0.2, 0.25) is 0 Å². The van der Waals surface area contributed by atoms with Gasteiger partial charge >= 0.3 is 0 Å². The van der Waals surface area contributed by atoms with Gasteiger partial charge in [-0.25, -0.2) is 9.07 Å². The minimum atomic E-state index is -0.375. The second kappa shape index (κ2) is 9.83. The van der Waals surface area contributed by atoms with E-state index < -0.39 is 0 Å². The summed E-state index contributed by atoms with van der Waals surface area (Å²) in [5.41, 5.74) is 3.12. The van der Waals surface area contributed by atoms with Crippen molar-refractivity contribution in [2.24, 2.45) is 0 Å². The van der Waals surface area contributed by atoms with Crippen molar-refractivity contribution in [3.63, 3.8) is 0 Å². The third-order valence-electron chi connectivity index (χ3n) is 6.61. The van der Waals surface area contributed by atoms with Crippen LogP contribution in [0, 0.1) is 5.82 Å². The molecule has 1 fully saturated rings. The van der Waals surface area contributed by atoms with Crippen LogP contribution in [0.1, 0.15) is 25.1 Å². The summed E-state index contributed by atoms with van der Waals surface area (Å²) >= 11 is 6.78. The largest absolute Gasteiger partial charge is 0.360 e. The van der Waals surface area contributed by atoms with E-state index in [0.29, 0.717) is 36.2 Å². The predicted octanol–water partition coefficient (Wildman–Crippen LogP) is 5.08. The van der Waals surface area contributed by atoms with Gasteiger partial charge in [-0.05, 0) is 69.5 Å². The number of carbonyl (C=O) groups excluding carboxylic acids is 1. The molecule has 5 rings (SSSR count). The molecule has 1 aliphatic heterocycles. The van der Waals surface area contributed by atoms with Crippen molar-refractivity contribution in [1.82, 2.24) is 29.8 Å². The number of hydrogen-bond acceptors (Lipinski definition) is 4. The molecule has 4 aromatic rings. The Balaban J connectivity index is 1.25. The maximum absolute atomic E-state index is 14.5. The molecule has 10 heteroatoms. The van der Waals surface area contributed by atoms with Gasteiger partial charge in [0.2, 0.25) is 5.91 Å². The Morgan fingerprint density at radius 1 is 1.11 bits per heavy atom. The number of carbonyl (C=O) groups is 1. The minimum Gasteiger partial charge on any atom is -0.360 e. The average molecular weight is 604 g/mol. The maximum atomic E-state index is 14.5. The van der Waals surface area contributed by atoms with Gasteiger partial charge in [0.25, 0.3) is 0 Å². The molecule has 2 aromatic carbocycles. The number of halogens is 3. The van der Waals surface area contributed by atoms with Gasteiger partial charge in [-0.3, -0.25) is 9.69 Å². The monoisotopic (exact) mass is 602 g/mol. The fourth-order valence-electron chi connectivity index (χ4n) is 4.81. The van der Waals surface area contributed by atoms with E-state index in [1.54, 1.807) is 24.4 Å². The van der Waals surface area contributed by atoms with Crippen molar-refractivity contribution >= 4 is 48.7 Å². The normalized spacial score (nSPS) is 18.9. The lowest BCUT2D eigenvalue weighted by molar-refractivity contribution is -0.135. The van der Waals surface area contributed by atoms with Gasteiger partial charge in [0, 0.05) is 47.8 Å². The Labute approximate surface area is 219 Å². The summed E-state index contributed by atoms with van der Waals surface area (Å²) in [7, 11) is 0. The van der Waals surface area contributed by atoms with E-state index in [-0.39, 0.29) is 23.8 Å². The molecule has 1 N–H and O–H groups in total. The third-order valence-corrected chi connectivity index (χ3v) is 7.88. The zero-order valence-electron chi connectivity index (χ0n) is 19.4. The van der Waals surface area contributed by atoms with Crippen LogP contribution in [-0.4, -0.2) is 60.9 Å². The Kier molecular flexibility index (Phi) is 6.78. The summed E-state index contributed by atoms with van der Waals surface area (Å²) in [4.78, 5) is 20.7. The van der Waals surface area contributed by atoms with Crippen LogP contribution >= 0.6 is 31.9 Å². The van der Waals surface area contributed by atoms with Gasteiger partial charge in [-0.15, -0.1) is 5.10 Å². The fourth-order valence-corrected chi connectivity index (χ4v) is 5.65. The van der Waals surface area contributed by atoms with Crippen LogP contribution in [0.25, 0.3) is 16.6 Å². The molecule has 0 bridgehead atoms. The van der Waals surface area contributed by atoms with Gasteiger partial charge in [0.1, 0.15) is 5.69 Å². The molecule has 0 radical (unpaired) electrons. The van der Waals surface area contributed by atoms with Crippen molar-refractivity contribution in [1.29, 1.82) is 0 Å². The van der Waals surface area contributed by atoms with Gasteiger partial charge in [0.05, 0.1) is 28.3 Å². The quantitative estimate of drug-likeness (QED) is 0.346. The average Bonchev–Trinajstić information content (AvgIpc) is 3.46. The number of fused-ring (bicyclic) bond motifs is 1. The first-order valence-electron chi connectivity index (χ1n) is 11.5. The highest BCUT2D eigenvalue weighted by Crippen LogP contribution is 2.27. The van der Waals surface area contributed by atoms with E-state index in [1.807, 2.05) is 29.3 Å². The van der Waals surface area contributed by atoms with Crippen LogP contribution in [0.5, 0.6) is 0 Å². The first kappa shape index (κ1) is 24.1. The van der Waals surface area contributed by atoms with E-state index in [9.17, 15) is 9.18 Å². The minimum absolute atomic E-state index is 0.125. The predicted molar refractivity (Wildman–Crippen MR) is 140 cm³/mol. The van der Waals surface area contributed by atoms with E-state index in [0.717, 1.165) is 26.6 Å². The van der Waals surface area contributed by atoms with Crippen molar-refractivity contribution in [3.05, 3.63) is 74.8 Å². The lowest BCUT2D eigenvalue weighted by Gasteiger charge is -2.44. The first-order chi connectivity index (χ1) is 16.8. The highest BCUT2D eigenvalue weighted by molar-refractivity contribution is 9.11. The van der Waals surface area contributed by atoms with Crippen molar-refractivity contribution in [2.45, 2.75) is 38.9 Å². The number of aromatic nitrogens is 4. The molecule has 7 nitrogen and oxygen atoms in total. The highest BCUT2D eigenvalue weighted by Gasteiger charge is 2.32. The summed E-state index contributed by atoms with van der Waals surface area (Å²) in [5.74, 6) is -0.249. The van der Waals surface area contributed by atoms with Crippen LogP contribution in [0.15, 0.2) is 57.7 Å². The van der Waals surface area contributed by atoms with Gasteiger partial charge in [-0.1, -0.05) is 23.4 Å². The topological polar surface area (TPSA) is 70.1 Å². The molecule has 2 atom stereocenters. The molecule has 1 saturated heterocycles. The van der Waals surface area contributed by atoms with Crippen LogP contribution in [0.4, 0.5) is 4.39 Å². The third kappa shape index (κ3) is 4.79. The number of hydrogen-bond donors (Lipinski definition) is 1. The number of rotatable bonds is 5. The smallest absolute Gasteiger partial charge is 0.227 e. The Bertz CT molecular complexity index is 1370. The number of H-pyrrole nitrogens is 1. The number of nitrogens with zero attached hydrogens (tertiary/aromatic N) is 5. The lowest BCUT2D eigenvalue weighted by atomic mass is 10.1. The maximum Gasteiger partial charge on any atom is 0.227 e. The highest BCUT2D eigenvalue weighted by atomic mass is 79.9. The molecular formula is C25H25Br2FN6O. The van der Waals surface area contributed by atoms with Gasteiger partial charge in [-0.2, -0.15) is 0 Å². The van der Waals surface area contributed by atoms with E-state index >= 15 is 0 Å². The molecule has 0 saturated carbocycles. The summed E-state index contributed by atoms with van der Waals surface area (Å²) < 4.78 is 17.3. The molecule has 182 valence electrons. The number of benzene rings is 2. The molecule has 1 aliphatic rings. The molecule has 3 heterocycles. The Morgan fingerprint density at radius 2 is 1.83 bits per heavy atom. The number of amides is 1. The summed E-state index contributed by atoms with van der Waals surface area (Å²) in [6.07, 6.45) is 4.05. The zero-order chi connectivity index (χ0) is 24.7. The molecule has 0 spiro atoms. The van der Waals surface area contributed by atoms with Crippen LogP contribution < -0.4 is 0 Å². The second-order valence-electron chi connectivity index (χ2n) is 9.05. The van der Waals surface area contributed by atoms with E-state index in [1.165, 1.54) is 4.68 Å². The molecule has 2 aromatic heterocycles. The van der Waals surface area contributed by atoms with Crippen molar-refractivity contribution < 1.29 is 9.18 Å². The fraction of sp³-hybridized carbons (Fsp3) is 0.320. The SMILES string of the molecule is C[C@@H]1CN(C(=O)Cc2c[nH]c3c(Br)cccc23)C[C@H](C)N1Cc1cn(-c2cccc(Br)c2F)nn1. The second-order valence-corrected chi connectivity index (χ2v) is 10.8. The summed E-state index contributed by atoms with van der Waals surface area (Å²) in [6.45, 7) is 6.11. The lowest BCUT2D eigenvalue weighted by Crippen LogP contribution is -2.57.